The minimum absolute atomic E-state index is 0.145. The third-order valence-corrected chi connectivity index (χ3v) is 4.78. The fourth-order valence-corrected chi connectivity index (χ4v) is 3.26. The number of halogens is 2. The average molecular weight is 427 g/mol. The minimum atomic E-state index is -0.263. The van der Waals surface area contributed by atoms with Crippen LogP contribution in [-0.2, 0) is 11.3 Å². The highest BCUT2D eigenvalue weighted by Crippen LogP contribution is 2.27. The van der Waals surface area contributed by atoms with Crippen LogP contribution in [0.5, 0.6) is 5.75 Å². The topological polar surface area (TPSA) is 69.0 Å². The van der Waals surface area contributed by atoms with E-state index < -0.39 is 0 Å². The van der Waals surface area contributed by atoms with Gasteiger partial charge < -0.3 is 10.1 Å². The van der Waals surface area contributed by atoms with Crippen LogP contribution in [0.25, 0.3) is 16.9 Å². The van der Waals surface area contributed by atoms with Crippen molar-refractivity contribution in [1.82, 2.24) is 19.9 Å². The van der Waals surface area contributed by atoms with E-state index in [-0.39, 0.29) is 12.5 Å². The van der Waals surface area contributed by atoms with Crippen LogP contribution < -0.4 is 10.1 Å². The second kappa shape index (κ2) is 8.51. The summed E-state index contributed by atoms with van der Waals surface area (Å²) in [6, 6.07) is 16.5. The van der Waals surface area contributed by atoms with Gasteiger partial charge in [-0.3, -0.25) is 9.36 Å². The van der Waals surface area contributed by atoms with Crippen LogP contribution in [0.1, 0.15) is 5.56 Å². The van der Waals surface area contributed by atoms with Crippen molar-refractivity contribution >= 4 is 40.1 Å². The molecule has 2 heterocycles. The zero-order valence-electron chi connectivity index (χ0n) is 15.2. The first-order valence-corrected chi connectivity index (χ1v) is 9.58. The first-order chi connectivity index (χ1) is 14.1. The molecule has 29 heavy (non-hydrogen) atoms. The van der Waals surface area contributed by atoms with E-state index in [1.807, 2.05) is 41.0 Å². The lowest BCUT2D eigenvalue weighted by atomic mass is 10.2. The molecule has 0 saturated carbocycles. The Hall–Kier alpha value is -3.09. The Kier molecular flexibility index (Phi) is 5.64. The van der Waals surface area contributed by atoms with Gasteiger partial charge in [0.2, 0.25) is 0 Å². The van der Waals surface area contributed by atoms with Crippen LogP contribution in [0.3, 0.4) is 0 Å². The summed E-state index contributed by atoms with van der Waals surface area (Å²) < 4.78 is 7.34. The molecule has 0 saturated heterocycles. The third-order valence-electron chi connectivity index (χ3n) is 4.25. The predicted octanol–water partition coefficient (Wildman–Crippen LogP) is 4.42. The summed E-state index contributed by atoms with van der Waals surface area (Å²) in [5, 5.41) is 3.66. The number of fused-ring (bicyclic) bond motifs is 1. The van der Waals surface area contributed by atoms with Crippen LogP contribution in [0.15, 0.2) is 67.1 Å². The number of para-hydroxylation sites is 2. The molecule has 0 aliphatic carbocycles. The maximum absolute atomic E-state index is 12.0. The molecule has 2 aromatic carbocycles. The van der Waals surface area contributed by atoms with Gasteiger partial charge in [-0.25, -0.2) is 9.97 Å². The van der Waals surface area contributed by atoms with Crippen molar-refractivity contribution in [2.24, 2.45) is 0 Å². The van der Waals surface area contributed by atoms with Crippen molar-refractivity contribution in [3.8, 4) is 11.6 Å². The van der Waals surface area contributed by atoms with Crippen molar-refractivity contribution in [2.75, 3.05) is 6.61 Å². The summed E-state index contributed by atoms with van der Waals surface area (Å²) in [4.78, 5) is 20.9. The molecular formula is C21H16Cl2N4O2. The number of ether oxygens (including phenoxy) is 1. The van der Waals surface area contributed by atoms with Gasteiger partial charge in [-0.2, -0.15) is 0 Å². The number of nitrogens with one attached hydrogen (secondary N) is 1. The van der Waals surface area contributed by atoms with Gasteiger partial charge in [0, 0.05) is 17.8 Å². The number of pyridine rings is 1. The number of carbonyl (C=O) groups excluding carboxylic acids is 1. The average Bonchev–Trinajstić information content (AvgIpc) is 3.16. The number of hydrogen-bond donors (Lipinski definition) is 1. The second-order valence-electron chi connectivity index (χ2n) is 6.27. The molecule has 4 aromatic rings. The number of nitrogens with zero attached hydrogens (tertiary/aromatic N) is 3. The summed E-state index contributed by atoms with van der Waals surface area (Å²) in [5.74, 6) is 0.903. The van der Waals surface area contributed by atoms with Crippen molar-refractivity contribution in [2.45, 2.75) is 6.54 Å². The smallest absolute Gasteiger partial charge is 0.258 e. The Balaban J connectivity index is 1.33. The van der Waals surface area contributed by atoms with Crippen LogP contribution in [0.2, 0.25) is 10.0 Å². The molecule has 146 valence electrons. The van der Waals surface area contributed by atoms with Crippen LogP contribution >= 0.6 is 23.2 Å². The fourth-order valence-electron chi connectivity index (χ4n) is 2.79. The summed E-state index contributed by atoms with van der Waals surface area (Å²) in [5.41, 5.74) is 2.77. The van der Waals surface area contributed by atoms with Crippen LogP contribution in [0.4, 0.5) is 0 Å². The molecule has 0 aliphatic rings. The Morgan fingerprint density at radius 1 is 1.07 bits per heavy atom. The molecule has 0 bridgehead atoms. The minimum Gasteiger partial charge on any atom is -0.482 e. The van der Waals surface area contributed by atoms with Crippen molar-refractivity contribution in [1.29, 1.82) is 0 Å². The van der Waals surface area contributed by atoms with E-state index in [0.717, 1.165) is 22.4 Å². The highest BCUT2D eigenvalue weighted by molar-refractivity contribution is 6.35. The fraction of sp³-hybridized carbons (Fsp3) is 0.0952. The molecule has 0 aliphatic heterocycles. The Labute approximate surface area is 177 Å². The van der Waals surface area contributed by atoms with Gasteiger partial charge in [-0.1, -0.05) is 41.4 Å². The molecule has 0 radical (unpaired) electrons. The lowest BCUT2D eigenvalue weighted by molar-refractivity contribution is -0.123. The van der Waals surface area contributed by atoms with Gasteiger partial charge >= 0.3 is 0 Å². The molecule has 6 nitrogen and oxygen atoms in total. The van der Waals surface area contributed by atoms with Crippen LogP contribution in [-0.4, -0.2) is 27.0 Å². The van der Waals surface area contributed by atoms with Crippen molar-refractivity contribution < 1.29 is 9.53 Å². The Bertz CT molecular complexity index is 1160. The van der Waals surface area contributed by atoms with E-state index in [9.17, 15) is 4.79 Å². The molecule has 4 rings (SSSR count). The zero-order valence-corrected chi connectivity index (χ0v) is 16.7. The van der Waals surface area contributed by atoms with E-state index in [1.54, 1.807) is 30.7 Å². The van der Waals surface area contributed by atoms with Crippen LogP contribution in [0, 0.1) is 0 Å². The first kappa shape index (κ1) is 19.2. The van der Waals surface area contributed by atoms with E-state index in [1.165, 1.54) is 0 Å². The number of carbonyl (C=O) groups is 1. The van der Waals surface area contributed by atoms with Crippen molar-refractivity contribution in [3.05, 3.63) is 82.7 Å². The molecule has 0 spiro atoms. The van der Waals surface area contributed by atoms with Gasteiger partial charge in [0.15, 0.2) is 6.61 Å². The number of amides is 1. The molecule has 0 fully saturated rings. The number of aromatic nitrogens is 3. The lowest BCUT2D eigenvalue weighted by Crippen LogP contribution is -2.28. The standard InChI is InChI=1S/C21H16Cl2N4O2/c22-15-6-7-19(16(23)9-15)29-12-21(28)25-11-14-5-8-20(24-10-14)27-13-26-17-3-1-2-4-18(17)27/h1-10,13H,11-12H2,(H,25,28). The molecular weight excluding hydrogens is 411 g/mol. The van der Waals surface area contributed by atoms with Gasteiger partial charge in [0.1, 0.15) is 17.9 Å². The largest absolute Gasteiger partial charge is 0.482 e. The molecule has 1 N–H and O–H groups in total. The zero-order chi connectivity index (χ0) is 20.2. The highest BCUT2D eigenvalue weighted by atomic mass is 35.5. The quantitative estimate of drug-likeness (QED) is 0.495. The van der Waals surface area contributed by atoms with Gasteiger partial charge in [0.25, 0.3) is 5.91 Å². The Morgan fingerprint density at radius 3 is 2.72 bits per heavy atom. The predicted molar refractivity (Wildman–Crippen MR) is 113 cm³/mol. The monoisotopic (exact) mass is 426 g/mol. The number of imidazole rings is 1. The Morgan fingerprint density at radius 2 is 1.93 bits per heavy atom. The van der Waals surface area contributed by atoms with E-state index in [4.69, 9.17) is 27.9 Å². The number of rotatable bonds is 6. The molecule has 0 unspecified atom stereocenters. The highest BCUT2D eigenvalue weighted by Gasteiger charge is 2.08. The summed E-state index contributed by atoms with van der Waals surface area (Å²) in [6.45, 7) is 0.197. The van der Waals surface area contributed by atoms with E-state index in [0.29, 0.717) is 22.3 Å². The summed E-state index contributed by atoms with van der Waals surface area (Å²) in [7, 11) is 0. The maximum Gasteiger partial charge on any atom is 0.258 e. The maximum atomic E-state index is 12.0. The van der Waals surface area contributed by atoms with Gasteiger partial charge in [-0.05, 0) is 42.0 Å². The lowest BCUT2D eigenvalue weighted by Gasteiger charge is -2.09. The summed E-state index contributed by atoms with van der Waals surface area (Å²) in [6.07, 6.45) is 3.47. The van der Waals surface area contributed by atoms with E-state index in [2.05, 4.69) is 15.3 Å². The SMILES string of the molecule is O=C(COc1ccc(Cl)cc1Cl)NCc1ccc(-n2cnc3ccccc32)nc1. The first-order valence-electron chi connectivity index (χ1n) is 8.82. The van der Waals surface area contributed by atoms with Gasteiger partial charge in [0.05, 0.1) is 16.1 Å². The van der Waals surface area contributed by atoms with Crippen molar-refractivity contribution in [3.63, 3.8) is 0 Å². The molecule has 0 atom stereocenters. The number of hydrogen-bond acceptors (Lipinski definition) is 4. The van der Waals surface area contributed by atoms with E-state index >= 15 is 0 Å². The van der Waals surface area contributed by atoms with Gasteiger partial charge in [-0.15, -0.1) is 0 Å². The molecule has 1 amide bonds. The molecule has 2 aromatic heterocycles. The summed E-state index contributed by atoms with van der Waals surface area (Å²) >= 11 is 11.9. The third kappa shape index (κ3) is 4.50. The number of benzene rings is 2. The second-order valence-corrected chi connectivity index (χ2v) is 7.11. The molecule has 8 heteroatoms. The normalized spacial score (nSPS) is 10.8.